The van der Waals surface area contributed by atoms with Gasteiger partial charge in [0, 0.05) is 12.8 Å². The molecule has 0 spiro atoms. The predicted octanol–water partition coefficient (Wildman–Crippen LogP) is 6.35. The number of ether oxygens (including phenoxy) is 2. The predicted molar refractivity (Wildman–Crippen MR) is 107 cm³/mol. The van der Waals surface area contributed by atoms with E-state index >= 15 is 0 Å². The van der Waals surface area contributed by atoms with Gasteiger partial charge in [-0.05, 0) is 38.5 Å². The highest BCUT2D eigenvalue weighted by atomic mass is 16.5. The van der Waals surface area contributed by atoms with Crippen LogP contribution in [0.1, 0.15) is 118 Å². The molecule has 0 saturated heterocycles. The van der Waals surface area contributed by atoms with Crippen molar-refractivity contribution in [1.29, 1.82) is 0 Å². The molecule has 2 unspecified atom stereocenters. The first kappa shape index (κ1) is 24.9. The molecular formula is C22H42O4. The zero-order chi connectivity index (χ0) is 19.6. The van der Waals surface area contributed by atoms with Crippen LogP contribution in [-0.4, -0.2) is 24.1 Å². The Labute approximate surface area is 161 Å². The molecule has 2 atom stereocenters. The molecule has 0 amide bonds. The van der Waals surface area contributed by atoms with Crippen molar-refractivity contribution >= 4 is 11.9 Å². The van der Waals surface area contributed by atoms with Crippen molar-refractivity contribution in [2.45, 2.75) is 130 Å². The lowest BCUT2D eigenvalue weighted by molar-refractivity contribution is -0.150. The molecule has 0 aliphatic carbocycles. The lowest BCUT2D eigenvalue weighted by atomic mass is 10.1. The molecule has 0 bridgehead atoms. The Morgan fingerprint density at radius 1 is 0.615 bits per heavy atom. The third-order valence-corrected chi connectivity index (χ3v) is 4.74. The van der Waals surface area contributed by atoms with Gasteiger partial charge in [-0.2, -0.15) is 0 Å². The van der Waals surface area contributed by atoms with Gasteiger partial charge in [-0.25, -0.2) is 0 Å². The van der Waals surface area contributed by atoms with Crippen LogP contribution < -0.4 is 0 Å². The highest BCUT2D eigenvalue weighted by Crippen LogP contribution is 2.13. The van der Waals surface area contributed by atoms with Crippen LogP contribution in [0.15, 0.2) is 0 Å². The molecule has 0 fully saturated rings. The fourth-order valence-corrected chi connectivity index (χ4v) is 3.07. The van der Waals surface area contributed by atoms with E-state index in [9.17, 15) is 9.59 Å². The summed E-state index contributed by atoms with van der Waals surface area (Å²) in [6.07, 6.45) is 13.2. The summed E-state index contributed by atoms with van der Waals surface area (Å²) in [5.74, 6) is -0.101. The van der Waals surface area contributed by atoms with Gasteiger partial charge in [0.05, 0.1) is 0 Å². The molecule has 0 rings (SSSR count). The number of hydrogen-bond donors (Lipinski definition) is 0. The maximum atomic E-state index is 11.8. The van der Waals surface area contributed by atoms with Gasteiger partial charge in [0.1, 0.15) is 12.2 Å². The second-order valence-corrected chi connectivity index (χ2v) is 7.24. The van der Waals surface area contributed by atoms with Gasteiger partial charge in [0.25, 0.3) is 0 Å². The lowest BCUT2D eigenvalue weighted by Gasteiger charge is -2.15. The molecule has 0 aromatic heterocycles. The molecule has 4 heteroatoms. The summed E-state index contributed by atoms with van der Waals surface area (Å²) in [6.45, 7) is 8.36. The SMILES string of the molecule is CCCC(CC)OC(=O)CCCCCCCCC(=O)OC(CC)CCC. The Kier molecular flexibility index (Phi) is 16.7. The topological polar surface area (TPSA) is 52.6 Å². The third-order valence-electron chi connectivity index (χ3n) is 4.74. The van der Waals surface area contributed by atoms with Crippen LogP contribution in [0, 0.1) is 0 Å². The van der Waals surface area contributed by atoms with Crippen molar-refractivity contribution in [3.05, 3.63) is 0 Å². The monoisotopic (exact) mass is 370 g/mol. The van der Waals surface area contributed by atoms with Crippen molar-refractivity contribution in [3.8, 4) is 0 Å². The Morgan fingerprint density at radius 3 is 1.27 bits per heavy atom. The average Bonchev–Trinajstić information content (AvgIpc) is 2.63. The van der Waals surface area contributed by atoms with Crippen LogP contribution in [0.3, 0.4) is 0 Å². The van der Waals surface area contributed by atoms with E-state index in [-0.39, 0.29) is 24.1 Å². The molecule has 0 radical (unpaired) electrons. The zero-order valence-electron chi connectivity index (χ0n) is 17.7. The summed E-state index contributed by atoms with van der Waals surface area (Å²) in [6, 6.07) is 0. The van der Waals surface area contributed by atoms with E-state index in [0.717, 1.165) is 77.0 Å². The van der Waals surface area contributed by atoms with E-state index in [1.54, 1.807) is 0 Å². The fraction of sp³-hybridized carbons (Fsp3) is 0.909. The van der Waals surface area contributed by atoms with Gasteiger partial charge in [0.15, 0.2) is 0 Å². The molecule has 0 aromatic rings. The highest BCUT2D eigenvalue weighted by Gasteiger charge is 2.12. The Balaban J connectivity index is 3.55. The summed E-state index contributed by atoms with van der Waals surface area (Å²) in [4.78, 5) is 23.6. The van der Waals surface area contributed by atoms with Crippen molar-refractivity contribution in [1.82, 2.24) is 0 Å². The minimum absolute atomic E-state index is 0.0504. The van der Waals surface area contributed by atoms with Crippen molar-refractivity contribution in [2.24, 2.45) is 0 Å². The number of rotatable bonds is 17. The van der Waals surface area contributed by atoms with Crippen LogP contribution in [0.4, 0.5) is 0 Å². The molecule has 4 nitrogen and oxygen atoms in total. The molecule has 26 heavy (non-hydrogen) atoms. The summed E-state index contributed by atoms with van der Waals surface area (Å²) in [5.41, 5.74) is 0. The van der Waals surface area contributed by atoms with Crippen molar-refractivity contribution in [2.75, 3.05) is 0 Å². The highest BCUT2D eigenvalue weighted by molar-refractivity contribution is 5.69. The molecule has 0 heterocycles. The maximum absolute atomic E-state index is 11.8. The zero-order valence-corrected chi connectivity index (χ0v) is 17.7. The van der Waals surface area contributed by atoms with Crippen LogP contribution >= 0.6 is 0 Å². The standard InChI is InChI=1S/C22H42O4/c1-5-15-19(7-3)25-21(23)17-13-11-9-10-12-14-18-22(24)26-20(8-4)16-6-2/h19-20H,5-18H2,1-4H3. The van der Waals surface area contributed by atoms with Crippen LogP contribution in [-0.2, 0) is 19.1 Å². The summed E-state index contributed by atoms with van der Waals surface area (Å²) in [7, 11) is 0. The lowest BCUT2D eigenvalue weighted by Crippen LogP contribution is -2.17. The van der Waals surface area contributed by atoms with Crippen LogP contribution in [0.25, 0.3) is 0 Å². The van der Waals surface area contributed by atoms with Gasteiger partial charge in [-0.3, -0.25) is 9.59 Å². The normalized spacial score (nSPS) is 13.2. The van der Waals surface area contributed by atoms with Gasteiger partial charge < -0.3 is 9.47 Å². The second-order valence-electron chi connectivity index (χ2n) is 7.24. The Bertz CT molecular complexity index is 320. The molecule has 0 aliphatic rings. The molecular weight excluding hydrogens is 328 g/mol. The van der Waals surface area contributed by atoms with E-state index < -0.39 is 0 Å². The van der Waals surface area contributed by atoms with E-state index in [0.29, 0.717) is 12.8 Å². The van der Waals surface area contributed by atoms with Crippen molar-refractivity contribution in [3.63, 3.8) is 0 Å². The minimum Gasteiger partial charge on any atom is -0.462 e. The number of esters is 2. The number of carbonyl (C=O) groups is 2. The molecule has 0 aliphatic heterocycles. The number of unbranched alkanes of at least 4 members (excludes halogenated alkanes) is 5. The number of hydrogen-bond acceptors (Lipinski definition) is 4. The largest absolute Gasteiger partial charge is 0.462 e. The first-order chi connectivity index (χ1) is 12.6. The number of carbonyl (C=O) groups excluding carboxylic acids is 2. The van der Waals surface area contributed by atoms with Crippen molar-refractivity contribution < 1.29 is 19.1 Å². The Morgan fingerprint density at radius 2 is 0.962 bits per heavy atom. The molecule has 0 aromatic carbocycles. The van der Waals surface area contributed by atoms with E-state index in [1.807, 2.05) is 0 Å². The molecule has 154 valence electrons. The summed E-state index contributed by atoms with van der Waals surface area (Å²) in [5, 5.41) is 0. The second kappa shape index (κ2) is 17.4. The molecule has 0 saturated carbocycles. The first-order valence-electron chi connectivity index (χ1n) is 11.0. The van der Waals surface area contributed by atoms with E-state index in [4.69, 9.17) is 9.47 Å². The first-order valence-corrected chi connectivity index (χ1v) is 11.0. The van der Waals surface area contributed by atoms with Gasteiger partial charge >= 0.3 is 11.9 Å². The quantitative estimate of drug-likeness (QED) is 0.221. The van der Waals surface area contributed by atoms with Gasteiger partial charge in [0.2, 0.25) is 0 Å². The van der Waals surface area contributed by atoms with Crippen LogP contribution in [0.2, 0.25) is 0 Å². The van der Waals surface area contributed by atoms with Gasteiger partial charge in [-0.15, -0.1) is 0 Å². The molecule has 0 N–H and O–H groups in total. The summed E-state index contributed by atoms with van der Waals surface area (Å²) >= 11 is 0. The fourth-order valence-electron chi connectivity index (χ4n) is 3.07. The van der Waals surface area contributed by atoms with Crippen LogP contribution in [0.5, 0.6) is 0 Å². The average molecular weight is 371 g/mol. The maximum Gasteiger partial charge on any atom is 0.306 e. The summed E-state index contributed by atoms with van der Waals surface area (Å²) < 4.78 is 11.0. The van der Waals surface area contributed by atoms with E-state index in [2.05, 4.69) is 27.7 Å². The van der Waals surface area contributed by atoms with Gasteiger partial charge in [-0.1, -0.05) is 66.2 Å². The Hall–Kier alpha value is -1.06. The third kappa shape index (κ3) is 14.1. The minimum atomic E-state index is -0.0504. The smallest absolute Gasteiger partial charge is 0.306 e. The van der Waals surface area contributed by atoms with E-state index in [1.165, 1.54) is 0 Å².